The van der Waals surface area contributed by atoms with Gasteiger partial charge in [0.15, 0.2) is 0 Å². The number of carbonyl (C=O) groups excluding carboxylic acids is 3. The Bertz CT molecular complexity index is 357. The van der Waals surface area contributed by atoms with E-state index in [0.717, 1.165) is 5.57 Å². The first kappa shape index (κ1) is 17.4. The summed E-state index contributed by atoms with van der Waals surface area (Å²) in [6, 6.07) is 0. The van der Waals surface area contributed by atoms with E-state index in [2.05, 4.69) is 0 Å². The Balaban J connectivity index is 4.07. The molecule has 0 aromatic carbocycles. The van der Waals surface area contributed by atoms with Gasteiger partial charge in [0, 0.05) is 13.3 Å². The predicted molar refractivity (Wildman–Crippen MR) is 70.4 cm³/mol. The van der Waals surface area contributed by atoms with Gasteiger partial charge in [-0.05, 0) is 33.3 Å². The van der Waals surface area contributed by atoms with Gasteiger partial charge in [-0.1, -0.05) is 5.57 Å². The molecule has 5 nitrogen and oxygen atoms in total. The molecular weight excluding hydrogens is 248 g/mol. The third-order valence-corrected chi connectivity index (χ3v) is 2.61. The van der Waals surface area contributed by atoms with Crippen LogP contribution in [0.5, 0.6) is 0 Å². The molecule has 0 aliphatic rings. The van der Waals surface area contributed by atoms with Gasteiger partial charge < -0.3 is 9.47 Å². The van der Waals surface area contributed by atoms with E-state index in [4.69, 9.17) is 9.47 Å². The summed E-state index contributed by atoms with van der Waals surface area (Å²) >= 11 is 0. The van der Waals surface area contributed by atoms with Crippen LogP contribution in [0.3, 0.4) is 0 Å². The minimum absolute atomic E-state index is 0.140. The number of rotatable bonds is 8. The quantitative estimate of drug-likeness (QED) is 0.383. The van der Waals surface area contributed by atoms with Crippen LogP contribution < -0.4 is 0 Å². The number of carbonyl (C=O) groups is 3. The van der Waals surface area contributed by atoms with Crippen LogP contribution >= 0.6 is 0 Å². The number of hydrogen-bond donors (Lipinski definition) is 0. The highest BCUT2D eigenvalue weighted by Gasteiger charge is 2.21. The molecule has 5 heteroatoms. The number of hydrogen-bond acceptors (Lipinski definition) is 5. The lowest BCUT2D eigenvalue weighted by Crippen LogP contribution is -2.23. The standard InChI is InChI=1S/C14H22O5/c1-5-18-14(17)11(3)13(16)7-6-10(2)8-9-19-12(4)15/h8,11H,5-7,9H2,1-4H3/b10-8+. The molecule has 0 amide bonds. The molecule has 0 aliphatic carbocycles. The molecule has 0 spiro atoms. The van der Waals surface area contributed by atoms with Gasteiger partial charge in [-0.2, -0.15) is 0 Å². The highest BCUT2D eigenvalue weighted by atomic mass is 16.5. The largest absolute Gasteiger partial charge is 0.465 e. The summed E-state index contributed by atoms with van der Waals surface area (Å²) in [6.45, 7) is 6.94. The average Bonchev–Trinajstić information content (AvgIpc) is 2.34. The molecule has 0 saturated carbocycles. The molecule has 0 radical (unpaired) electrons. The summed E-state index contributed by atoms with van der Waals surface area (Å²) in [5.41, 5.74) is 0.950. The van der Waals surface area contributed by atoms with Crippen LogP contribution in [0.2, 0.25) is 0 Å². The lowest BCUT2D eigenvalue weighted by Gasteiger charge is -2.09. The van der Waals surface area contributed by atoms with Crippen molar-refractivity contribution in [3.8, 4) is 0 Å². The van der Waals surface area contributed by atoms with Crippen molar-refractivity contribution < 1.29 is 23.9 Å². The Morgan fingerprint density at radius 1 is 1.11 bits per heavy atom. The van der Waals surface area contributed by atoms with E-state index in [1.807, 2.05) is 6.92 Å². The molecule has 0 aromatic rings. The zero-order valence-electron chi connectivity index (χ0n) is 12.0. The minimum Gasteiger partial charge on any atom is -0.465 e. The normalized spacial score (nSPS) is 12.7. The fourth-order valence-electron chi connectivity index (χ4n) is 1.34. The third kappa shape index (κ3) is 8.13. The van der Waals surface area contributed by atoms with Crippen LogP contribution in [0.25, 0.3) is 0 Å². The zero-order valence-corrected chi connectivity index (χ0v) is 12.0. The summed E-state index contributed by atoms with van der Waals surface area (Å²) < 4.78 is 9.55. The molecule has 0 aromatic heterocycles. The van der Waals surface area contributed by atoms with Crippen molar-refractivity contribution in [1.29, 1.82) is 0 Å². The van der Waals surface area contributed by atoms with Crippen molar-refractivity contribution in [3.05, 3.63) is 11.6 Å². The van der Waals surface area contributed by atoms with Gasteiger partial charge in [0.1, 0.15) is 18.3 Å². The number of allylic oxidation sites excluding steroid dienone is 1. The highest BCUT2D eigenvalue weighted by Crippen LogP contribution is 2.10. The first-order valence-electron chi connectivity index (χ1n) is 6.36. The average molecular weight is 270 g/mol. The van der Waals surface area contributed by atoms with Gasteiger partial charge in [-0.15, -0.1) is 0 Å². The molecule has 0 bridgehead atoms. The van der Waals surface area contributed by atoms with E-state index < -0.39 is 11.9 Å². The van der Waals surface area contributed by atoms with Crippen LogP contribution in [0.4, 0.5) is 0 Å². The molecule has 1 atom stereocenters. The van der Waals surface area contributed by atoms with Crippen LogP contribution in [0.15, 0.2) is 11.6 Å². The lowest BCUT2D eigenvalue weighted by molar-refractivity contribution is -0.150. The number of ketones is 1. The van der Waals surface area contributed by atoms with Gasteiger partial charge in [0.2, 0.25) is 0 Å². The fraction of sp³-hybridized carbons (Fsp3) is 0.643. The van der Waals surface area contributed by atoms with Crippen LogP contribution in [-0.4, -0.2) is 30.9 Å². The SMILES string of the molecule is CCOC(=O)C(C)C(=O)CC/C(C)=C/COC(C)=O. The van der Waals surface area contributed by atoms with Crippen LogP contribution in [0.1, 0.15) is 40.5 Å². The topological polar surface area (TPSA) is 69.7 Å². The Morgan fingerprint density at radius 2 is 1.74 bits per heavy atom. The maximum absolute atomic E-state index is 11.7. The molecule has 0 rings (SSSR count). The van der Waals surface area contributed by atoms with E-state index in [9.17, 15) is 14.4 Å². The van der Waals surface area contributed by atoms with Crippen molar-refractivity contribution in [2.45, 2.75) is 40.5 Å². The molecule has 0 saturated heterocycles. The van der Waals surface area contributed by atoms with Gasteiger partial charge in [-0.25, -0.2) is 0 Å². The van der Waals surface area contributed by atoms with Gasteiger partial charge >= 0.3 is 11.9 Å². The fourth-order valence-corrected chi connectivity index (χ4v) is 1.34. The van der Waals surface area contributed by atoms with E-state index in [-0.39, 0.29) is 31.4 Å². The summed E-state index contributed by atoms with van der Waals surface area (Å²) in [5.74, 6) is -1.68. The van der Waals surface area contributed by atoms with E-state index in [0.29, 0.717) is 6.42 Å². The second-order valence-corrected chi connectivity index (χ2v) is 4.29. The first-order valence-corrected chi connectivity index (χ1v) is 6.36. The van der Waals surface area contributed by atoms with Crippen LogP contribution in [-0.2, 0) is 23.9 Å². The van der Waals surface area contributed by atoms with E-state index in [1.54, 1.807) is 19.9 Å². The molecular formula is C14H22O5. The highest BCUT2D eigenvalue weighted by molar-refractivity contribution is 5.98. The van der Waals surface area contributed by atoms with Gasteiger partial charge in [0.25, 0.3) is 0 Å². The molecule has 19 heavy (non-hydrogen) atoms. The maximum atomic E-state index is 11.7. The van der Waals surface area contributed by atoms with Gasteiger partial charge in [0.05, 0.1) is 6.61 Å². The van der Waals surface area contributed by atoms with Gasteiger partial charge in [-0.3, -0.25) is 14.4 Å². The second-order valence-electron chi connectivity index (χ2n) is 4.29. The smallest absolute Gasteiger partial charge is 0.316 e. The Hall–Kier alpha value is -1.65. The molecule has 0 fully saturated rings. The van der Waals surface area contributed by atoms with E-state index in [1.165, 1.54) is 6.92 Å². The molecule has 108 valence electrons. The second kappa shape index (κ2) is 9.30. The van der Waals surface area contributed by atoms with Crippen molar-refractivity contribution >= 4 is 17.7 Å². The van der Waals surface area contributed by atoms with Crippen molar-refractivity contribution in [2.24, 2.45) is 5.92 Å². The summed E-state index contributed by atoms with van der Waals surface area (Å²) in [4.78, 5) is 33.7. The third-order valence-electron chi connectivity index (χ3n) is 2.61. The summed E-state index contributed by atoms with van der Waals surface area (Å²) in [5, 5.41) is 0. The number of Topliss-reactive ketones (excluding diaryl/α,β-unsaturated/α-hetero) is 1. The molecule has 0 N–H and O–H groups in total. The Kier molecular flexibility index (Phi) is 8.49. The molecule has 0 aliphatic heterocycles. The summed E-state index contributed by atoms with van der Waals surface area (Å²) in [6.07, 6.45) is 2.58. The Labute approximate surface area is 114 Å². The number of ether oxygens (including phenoxy) is 2. The first-order chi connectivity index (χ1) is 8.88. The maximum Gasteiger partial charge on any atom is 0.316 e. The lowest BCUT2D eigenvalue weighted by atomic mass is 10.00. The van der Waals surface area contributed by atoms with Crippen molar-refractivity contribution in [3.63, 3.8) is 0 Å². The monoisotopic (exact) mass is 270 g/mol. The molecule has 0 heterocycles. The van der Waals surface area contributed by atoms with E-state index >= 15 is 0 Å². The summed E-state index contributed by atoms with van der Waals surface area (Å²) in [7, 11) is 0. The Morgan fingerprint density at radius 3 is 2.26 bits per heavy atom. The number of esters is 2. The van der Waals surface area contributed by atoms with Crippen molar-refractivity contribution in [2.75, 3.05) is 13.2 Å². The zero-order chi connectivity index (χ0) is 14.8. The minimum atomic E-state index is -0.721. The molecule has 1 unspecified atom stereocenters. The van der Waals surface area contributed by atoms with Crippen molar-refractivity contribution in [1.82, 2.24) is 0 Å². The predicted octanol–water partition coefficient (Wildman–Crippen LogP) is 2.04. The van der Waals surface area contributed by atoms with Crippen LogP contribution in [0, 0.1) is 5.92 Å².